The lowest BCUT2D eigenvalue weighted by Crippen LogP contribution is -2.24. The van der Waals surface area contributed by atoms with E-state index in [0.717, 1.165) is 41.9 Å². The van der Waals surface area contributed by atoms with E-state index < -0.39 is 0 Å². The maximum atomic E-state index is 12.3. The Labute approximate surface area is 147 Å². The molecule has 1 aromatic carbocycles. The molecular weight excluding hydrogens is 312 g/mol. The van der Waals surface area contributed by atoms with Gasteiger partial charge in [0.25, 0.3) is 5.91 Å². The highest BCUT2D eigenvalue weighted by molar-refractivity contribution is 5.94. The first-order valence-electron chi connectivity index (χ1n) is 8.32. The molecule has 1 aromatic heterocycles. The molecule has 0 saturated carbocycles. The third kappa shape index (κ3) is 3.93. The molecule has 1 amide bonds. The minimum absolute atomic E-state index is 0.146. The number of aryl methyl sites for hydroxylation is 1. The number of hydrogen-bond donors (Lipinski definition) is 2. The van der Waals surface area contributed by atoms with E-state index in [1.165, 1.54) is 0 Å². The number of nitriles is 1. The van der Waals surface area contributed by atoms with Crippen molar-refractivity contribution in [1.82, 2.24) is 15.6 Å². The second-order valence-corrected chi connectivity index (χ2v) is 6.04. The van der Waals surface area contributed by atoms with Crippen LogP contribution in [0.4, 0.5) is 0 Å². The first-order chi connectivity index (χ1) is 12.2. The second kappa shape index (κ2) is 7.73. The van der Waals surface area contributed by atoms with Crippen molar-refractivity contribution >= 4 is 11.5 Å². The van der Waals surface area contributed by atoms with Crippen LogP contribution in [0.2, 0.25) is 0 Å². The van der Waals surface area contributed by atoms with E-state index in [4.69, 9.17) is 0 Å². The highest BCUT2D eigenvalue weighted by Crippen LogP contribution is 2.23. The zero-order valence-corrected chi connectivity index (χ0v) is 14.2. The predicted molar refractivity (Wildman–Crippen MR) is 96.8 cm³/mol. The molecule has 0 atom stereocenters. The summed E-state index contributed by atoms with van der Waals surface area (Å²) in [7, 11) is 0. The first-order valence-corrected chi connectivity index (χ1v) is 8.32. The zero-order valence-electron chi connectivity index (χ0n) is 14.2. The number of rotatable bonds is 4. The van der Waals surface area contributed by atoms with Crippen LogP contribution >= 0.6 is 0 Å². The predicted octanol–water partition coefficient (Wildman–Crippen LogP) is 2.57. The van der Waals surface area contributed by atoms with E-state index in [1.54, 1.807) is 18.3 Å². The molecule has 2 N–H and O–H groups in total. The highest BCUT2D eigenvalue weighted by atomic mass is 16.1. The summed E-state index contributed by atoms with van der Waals surface area (Å²) >= 11 is 0. The molecule has 126 valence electrons. The molecule has 0 fully saturated rings. The van der Waals surface area contributed by atoms with E-state index in [-0.39, 0.29) is 5.91 Å². The number of nitrogens with zero attached hydrogens (tertiary/aromatic N) is 2. The fraction of sp³-hybridized carbons (Fsp3) is 0.250. The third-order valence-electron chi connectivity index (χ3n) is 4.24. The lowest BCUT2D eigenvalue weighted by atomic mass is 9.98. The quantitative estimate of drug-likeness (QED) is 0.902. The van der Waals surface area contributed by atoms with Gasteiger partial charge in [0.1, 0.15) is 6.07 Å². The van der Waals surface area contributed by atoms with E-state index >= 15 is 0 Å². The van der Waals surface area contributed by atoms with Gasteiger partial charge in [-0.05, 0) is 49.2 Å². The Bertz CT molecular complexity index is 864. The van der Waals surface area contributed by atoms with Crippen LogP contribution in [-0.2, 0) is 6.54 Å². The van der Waals surface area contributed by atoms with Crippen LogP contribution in [0.15, 0.2) is 42.6 Å². The third-order valence-corrected chi connectivity index (χ3v) is 4.24. The summed E-state index contributed by atoms with van der Waals surface area (Å²) in [4.78, 5) is 16.7. The average Bonchev–Trinajstić information content (AvgIpc) is 2.66. The van der Waals surface area contributed by atoms with Gasteiger partial charge >= 0.3 is 0 Å². The van der Waals surface area contributed by atoms with E-state index in [1.807, 2.05) is 25.1 Å². The fourth-order valence-electron chi connectivity index (χ4n) is 2.92. The number of pyridine rings is 1. The van der Waals surface area contributed by atoms with Crippen LogP contribution in [0.25, 0.3) is 5.57 Å². The van der Waals surface area contributed by atoms with E-state index in [0.29, 0.717) is 17.7 Å². The van der Waals surface area contributed by atoms with Crippen molar-refractivity contribution in [3.05, 3.63) is 70.6 Å². The lowest BCUT2D eigenvalue weighted by Gasteiger charge is -2.16. The number of carbonyl (C=O) groups is 1. The van der Waals surface area contributed by atoms with Gasteiger partial charge in [0.05, 0.1) is 11.3 Å². The number of nitrogens with one attached hydrogen (secondary N) is 2. The van der Waals surface area contributed by atoms with Crippen LogP contribution in [0.3, 0.4) is 0 Å². The van der Waals surface area contributed by atoms with Gasteiger partial charge in [-0.25, -0.2) is 0 Å². The summed E-state index contributed by atoms with van der Waals surface area (Å²) < 4.78 is 0. The zero-order chi connectivity index (χ0) is 17.6. The van der Waals surface area contributed by atoms with Crippen LogP contribution in [0, 0.1) is 18.3 Å². The highest BCUT2D eigenvalue weighted by Gasteiger charge is 2.15. The molecule has 3 rings (SSSR count). The first kappa shape index (κ1) is 16.9. The largest absolute Gasteiger partial charge is 0.348 e. The van der Waals surface area contributed by atoms with Crippen LogP contribution in [-0.4, -0.2) is 24.0 Å². The fourth-order valence-corrected chi connectivity index (χ4v) is 2.92. The Morgan fingerprint density at radius 3 is 3.00 bits per heavy atom. The lowest BCUT2D eigenvalue weighted by molar-refractivity contribution is 0.0951. The van der Waals surface area contributed by atoms with Gasteiger partial charge in [-0.15, -0.1) is 0 Å². The average molecular weight is 332 g/mol. The summed E-state index contributed by atoms with van der Waals surface area (Å²) in [6.45, 7) is 3.92. The van der Waals surface area contributed by atoms with Gasteiger partial charge in [0.15, 0.2) is 0 Å². The van der Waals surface area contributed by atoms with Gasteiger partial charge in [0, 0.05) is 24.8 Å². The molecule has 0 aliphatic carbocycles. The second-order valence-electron chi connectivity index (χ2n) is 6.04. The summed E-state index contributed by atoms with van der Waals surface area (Å²) in [5.41, 5.74) is 4.80. The molecule has 1 aliphatic heterocycles. The summed E-state index contributed by atoms with van der Waals surface area (Å²) in [5.74, 6) is -0.146. The monoisotopic (exact) mass is 332 g/mol. The number of carbonyl (C=O) groups excluding carboxylic acids is 1. The standard InChI is InChI=1S/C20H20N4O/c1-14-3-2-4-16(11-14)20(25)24-13-17-7-10-23-19(18(17)12-21)15-5-8-22-9-6-15/h2-5,7,10-11,22H,6,8-9,13H2,1H3,(H,24,25). The number of hydrogen-bond acceptors (Lipinski definition) is 4. The molecule has 0 bridgehead atoms. The van der Waals surface area contributed by atoms with Crippen molar-refractivity contribution in [3.8, 4) is 6.07 Å². The molecule has 0 spiro atoms. The molecule has 0 radical (unpaired) electrons. The van der Waals surface area contributed by atoms with Crippen LogP contribution < -0.4 is 10.6 Å². The van der Waals surface area contributed by atoms with E-state index in [9.17, 15) is 10.1 Å². The Morgan fingerprint density at radius 1 is 1.40 bits per heavy atom. The molecule has 0 unspecified atom stereocenters. The summed E-state index contributed by atoms with van der Waals surface area (Å²) in [6.07, 6.45) is 4.62. The Morgan fingerprint density at radius 2 is 2.28 bits per heavy atom. The number of benzene rings is 1. The summed E-state index contributed by atoms with van der Waals surface area (Å²) in [5, 5.41) is 15.8. The molecular formula is C20H20N4O. The van der Waals surface area contributed by atoms with Crippen molar-refractivity contribution in [2.45, 2.75) is 19.9 Å². The number of aromatic nitrogens is 1. The molecule has 1 aliphatic rings. The van der Waals surface area contributed by atoms with Gasteiger partial charge in [-0.2, -0.15) is 5.26 Å². The maximum Gasteiger partial charge on any atom is 0.251 e. The SMILES string of the molecule is Cc1cccc(C(=O)NCc2ccnc(C3=CCNCC3)c2C#N)c1. The minimum atomic E-state index is -0.146. The van der Waals surface area contributed by atoms with Crippen molar-refractivity contribution in [2.24, 2.45) is 0 Å². The van der Waals surface area contributed by atoms with E-state index in [2.05, 4.69) is 27.8 Å². The molecule has 2 heterocycles. The molecule has 25 heavy (non-hydrogen) atoms. The van der Waals surface area contributed by atoms with Crippen molar-refractivity contribution in [1.29, 1.82) is 5.26 Å². The summed E-state index contributed by atoms with van der Waals surface area (Å²) in [6, 6.07) is 11.5. The Balaban J connectivity index is 1.80. The topological polar surface area (TPSA) is 77.8 Å². The molecule has 2 aromatic rings. The van der Waals surface area contributed by atoms with Crippen molar-refractivity contribution in [3.63, 3.8) is 0 Å². The normalized spacial score (nSPS) is 13.7. The van der Waals surface area contributed by atoms with Gasteiger partial charge < -0.3 is 10.6 Å². The van der Waals surface area contributed by atoms with Crippen LogP contribution in [0.5, 0.6) is 0 Å². The van der Waals surface area contributed by atoms with Gasteiger partial charge in [-0.3, -0.25) is 9.78 Å². The van der Waals surface area contributed by atoms with Gasteiger partial charge in [-0.1, -0.05) is 23.8 Å². The minimum Gasteiger partial charge on any atom is -0.348 e. The molecule has 0 saturated heterocycles. The number of amides is 1. The molecule has 5 heteroatoms. The Kier molecular flexibility index (Phi) is 5.22. The maximum absolute atomic E-state index is 12.3. The molecule has 5 nitrogen and oxygen atoms in total. The van der Waals surface area contributed by atoms with Gasteiger partial charge in [0.2, 0.25) is 0 Å². The smallest absolute Gasteiger partial charge is 0.251 e. The van der Waals surface area contributed by atoms with Crippen molar-refractivity contribution < 1.29 is 4.79 Å². The van der Waals surface area contributed by atoms with Crippen LogP contribution in [0.1, 0.15) is 39.2 Å². The van der Waals surface area contributed by atoms with Crippen molar-refractivity contribution in [2.75, 3.05) is 13.1 Å². The Hall–Kier alpha value is -2.97.